The topological polar surface area (TPSA) is 102 Å². The second kappa shape index (κ2) is 10.8. The van der Waals surface area contributed by atoms with Crippen molar-refractivity contribution >= 4 is 17.5 Å². The van der Waals surface area contributed by atoms with Gasteiger partial charge in [0.25, 0.3) is 5.91 Å². The number of carbonyl (C=O) groups is 2. The van der Waals surface area contributed by atoms with Crippen LogP contribution in [-0.2, 0) is 11.3 Å². The van der Waals surface area contributed by atoms with Crippen LogP contribution in [-0.4, -0.2) is 48.9 Å². The third kappa shape index (κ3) is 5.86. The Bertz CT molecular complexity index is 975. The number of hydrogen-bond acceptors (Lipinski definition) is 5. The molecule has 0 bridgehead atoms. The lowest BCUT2D eigenvalue weighted by Crippen LogP contribution is -2.48. The van der Waals surface area contributed by atoms with Gasteiger partial charge in [0, 0.05) is 56.4 Å². The van der Waals surface area contributed by atoms with Crippen LogP contribution in [0.1, 0.15) is 47.7 Å². The van der Waals surface area contributed by atoms with E-state index in [1.807, 2.05) is 55.5 Å². The van der Waals surface area contributed by atoms with Gasteiger partial charge in [-0.2, -0.15) is 5.26 Å². The fraction of sp³-hybridized carbons (Fsp3) is 0.400. The minimum atomic E-state index is -0.269. The Morgan fingerprint density at radius 1 is 1.22 bits per heavy atom. The maximum atomic E-state index is 11.9. The molecule has 0 saturated carbocycles. The smallest absolute Gasteiger partial charge is 0.251 e. The molecule has 1 atom stereocenters. The van der Waals surface area contributed by atoms with E-state index in [1.54, 1.807) is 7.05 Å². The van der Waals surface area contributed by atoms with Crippen molar-refractivity contribution in [3.05, 3.63) is 65.2 Å². The fourth-order valence-electron chi connectivity index (χ4n) is 4.37. The summed E-state index contributed by atoms with van der Waals surface area (Å²) in [6.07, 6.45) is 2.28. The molecule has 3 rings (SSSR count). The van der Waals surface area contributed by atoms with E-state index in [9.17, 15) is 14.9 Å². The number of rotatable bonds is 8. The first-order valence-electron chi connectivity index (χ1n) is 11.0. The number of amides is 2. The SMILES string of the molecule is CNC(=O)c1ccc(N(Cc2cccc(C#N)c2)C2CCN(C(C)CC(N)=O)CC2)cc1. The van der Waals surface area contributed by atoms with Gasteiger partial charge in [-0.3, -0.25) is 14.5 Å². The van der Waals surface area contributed by atoms with Crippen LogP contribution in [0, 0.1) is 11.3 Å². The minimum absolute atomic E-state index is 0.110. The Hall–Kier alpha value is -3.37. The Labute approximate surface area is 189 Å². The number of nitrogens with one attached hydrogen (secondary N) is 1. The molecule has 0 spiro atoms. The lowest BCUT2D eigenvalue weighted by molar-refractivity contribution is -0.119. The molecular formula is C25H31N5O2. The van der Waals surface area contributed by atoms with Crippen molar-refractivity contribution in [1.29, 1.82) is 5.26 Å². The maximum absolute atomic E-state index is 11.9. The molecule has 7 nitrogen and oxygen atoms in total. The molecule has 2 aromatic rings. The molecule has 168 valence electrons. The number of hydrogen-bond donors (Lipinski definition) is 2. The number of nitriles is 1. The van der Waals surface area contributed by atoms with Gasteiger partial charge < -0.3 is 16.0 Å². The standard InChI is InChI=1S/C25H31N5O2/c1-18(14-24(27)31)29-12-10-23(11-13-29)30(17-20-5-3-4-19(15-20)16-26)22-8-6-21(7-9-22)25(32)28-2/h3-9,15,18,23H,10-14,17H2,1-2H3,(H2,27,31)(H,28,32). The number of carbonyl (C=O) groups excluding carboxylic acids is 2. The Morgan fingerprint density at radius 2 is 1.91 bits per heavy atom. The van der Waals surface area contributed by atoms with E-state index in [1.165, 1.54) is 0 Å². The van der Waals surface area contributed by atoms with Gasteiger partial charge in [-0.15, -0.1) is 0 Å². The van der Waals surface area contributed by atoms with Crippen molar-refractivity contribution < 1.29 is 9.59 Å². The molecule has 0 aromatic heterocycles. The lowest BCUT2D eigenvalue weighted by atomic mass is 9.98. The molecule has 32 heavy (non-hydrogen) atoms. The summed E-state index contributed by atoms with van der Waals surface area (Å²) in [5, 5.41) is 11.9. The Kier molecular flexibility index (Phi) is 7.85. The van der Waals surface area contributed by atoms with E-state index in [2.05, 4.69) is 21.2 Å². The lowest BCUT2D eigenvalue weighted by Gasteiger charge is -2.41. The average molecular weight is 434 g/mol. The highest BCUT2D eigenvalue weighted by Gasteiger charge is 2.28. The summed E-state index contributed by atoms with van der Waals surface area (Å²) in [6, 6.07) is 18.0. The molecule has 3 N–H and O–H groups in total. The van der Waals surface area contributed by atoms with Crippen molar-refractivity contribution in [1.82, 2.24) is 10.2 Å². The van der Waals surface area contributed by atoms with Gasteiger partial charge in [0.1, 0.15) is 0 Å². The zero-order valence-electron chi connectivity index (χ0n) is 18.8. The Balaban J connectivity index is 1.80. The predicted octanol–water partition coefficient (Wildman–Crippen LogP) is 2.65. The van der Waals surface area contributed by atoms with Crippen LogP contribution >= 0.6 is 0 Å². The Morgan fingerprint density at radius 3 is 2.50 bits per heavy atom. The zero-order valence-corrected chi connectivity index (χ0v) is 18.8. The van der Waals surface area contributed by atoms with Crippen molar-refractivity contribution in [2.24, 2.45) is 5.73 Å². The average Bonchev–Trinajstić information content (AvgIpc) is 2.82. The molecule has 1 unspecified atom stereocenters. The van der Waals surface area contributed by atoms with Gasteiger partial charge in [0.2, 0.25) is 5.91 Å². The van der Waals surface area contributed by atoms with Gasteiger partial charge in [0.15, 0.2) is 0 Å². The quantitative estimate of drug-likeness (QED) is 0.666. The minimum Gasteiger partial charge on any atom is -0.370 e. The molecule has 7 heteroatoms. The third-order valence-corrected chi connectivity index (χ3v) is 6.16. The molecular weight excluding hydrogens is 402 g/mol. The van der Waals surface area contributed by atoms with Crippen LogP contribution in [0.5, 0.6) is 0 Å². The van der Waals surface area contributed by atoms with E-state index >= 15 is 0 Å². The van der Waals surface area contributed by atoms with Crippen LogP contribution in [0.15, 0.2) is 48.5 Å². The first-order valence-corrected chi connectivity index (χ1v) is 11.0. The normalized spacial score (nSPS) is 15.5. The largest absolute Gasteiger partial charge is 0.370 e. The number of nitrogens with zero attached hydrogens (tertiary/aromatic N) is 3. The number of piperidine rings is 1. The molecule has 0 aliphatic carbocycles. The fourth-order valence-corrected chi connectivity index (χ4v) is 4.37. The molecule has 2 amide bonds. The molecule has 1 saturated heterocycles. The van der Waals surface area contributed by atoms with E-state index in [0.29, 0.717) is 30.1 Å². The van der Waals surface area contributed by atoms with Crippen molar-refractivity contribution in [3.8, 4) is 6.07 Å². The van der Waals surface area contributed by atoms with Crippen LogP contribution in [0.3, 0.4) is 0 Å². The van der Waals surface area contributed by atoms with Gasteiger partial charge >= 0.3 is 0 Å². The predicted molar refractivity (Wildman–Crippen MR) is 125 cm³/mol. The first kappa shape index (κ1) is 23.3. The third-order valence-electron chi connectivity index (χ3n) is 6.16. The second-order valence-electron chi connectivity index (χ2n) is 8.35. The summed E-state index contributed by atoms with van der Waals surface area (Å²) in [4.78, 5) is 27.9. The zero-order chi connectivity index (χ0) is 23.1. The van der Waals surface area contributed by atoms with Gasteiger partial charge in [-0.25, -0.2) is 0 Å². The number of nitrogens with two attached hydrogens (primary N) is 1. The highest BCUT2D eigenvalue weighted by molar-refractivity contribution is 5.94. The summed E-state index contributed by atoms with van der Waals surface area (Å²) < 4.78 is 0. The second-order valence-corrected chi connectivity index (χ2v) is 8.35. The molecule has 1 heterocycles. The molecule has 1 fully saturated rings. The van der Waals surface area contributed by atoms with Crippen LogP contribution in [0.25, 0.3) is 0 Å². The molecule has 1 aliphatic rings. The molecule has 2 aromatic carbocycles. The number of anilines is 1. The molecule has 1 aliphatic heterocycles. The summed E-state index contributed by atoms with van der Waals surface area (Å²) >= 11 is 0. The van der Waals surface area contributed by atoms with Crippen molar-refractivity contribution in [2.75, 3.05) is 25.0 Å². The van der Waals surface area contributed by atoms with Crippen LogP contribution < -0.4 is 16.0 Å². The van der Waals surface area contributed by atoms with Crippen LogP contribution in [0.4, 0.5) is 5.69 Å². The number of likely N-dealkylation sites (tertiary alicyclic amines) is 1. The summed E-state index contributed by atoms with van der Waals surface area (Å²) in [7, 11) is 1.62. The monoisotopic (exact) mass is 433 g/mol. The van der Waals surface area contributed by atoms with E-state index in [4.69, 9.17) is 5.73 Å². The van der Waals surface area contributed by atoms with Crippen LogP contribution in [0.2, 0.25) is 0 Å². The number of primary amides is 1. The van der Waals surface area contributed by atoms with E-state index in [0.717, 1.165) is 37.2 Å². The van der Waals surface area contributed by atoms with E-state index < -0.39 is 0 Å². The van der Waals surface area contributed by atoms with E-state index in [-0.39, 0.29) is 17.9 Å². The van der Waals surface area contributed by atoms with Gasteiger partial charge in [0.05, 0.1) is 11.6 Å². The highest BCUT2D eigenvalue weighted by atomic mass is 16.1. The number of benzene rings is 2. The summed E-state index contributed by atoms with van der Waals surface area (Å²) in [6.45, 7) is 4.51. The summed E-state index contributed by atoms with van der Waals surface area (Å²) in [5.74, 6) is -0.378. The molecule has 0 radical (unpaired) electrons. The van der Waals surface area contributed by atoms with Crippen molar-refractivity contribution in [3.63, 3.8) is 0 Å². The van der Waals surface area contributed by atoms with Gasteiger partial charge in [-0.1, -0.05) is 12.1 Å². The highest BCUT2D eigenvalue weighted by Crippen LogP contribution is 2.27. The first-order chi connectivity index (χ1) is 15.4. The van der Waals surface area contributed by atoms with Crippen molar-refractivity contribution in [2.45, 2.75) is 44.8 Å². The maximum Gasteiger partial charge on any atom is 0.251 e. The summed E-state index contributed by atoms with van der Waals surface area (Å²) in [5.41, 5.74) is 8.77. The van der Waals surface area contributed by atoms with Gasteiger partial charge in [-0.05, 0) is 61.7 Å².